The first-order chi connectivity index (χ1) is 13.1. The number of thiophene rings is 1. The van der Waals surface area contributed by atoms with E-state index in [-0.39, 0.29) is 0 Å². The van der Waals surface area contributed by atoms with Crippen molar-refractivity contribution >= 4 is 32.6 Å². The quantitative estimate of drug-likeness (QED) is 0.662. The minimum Gasteiger partial charge on any atom is -0.443 e. The van der Waals surface area contributed by atoms with E-state index in [0.29, 0.717) is 17.3 Å². The molecule has 4 heterocycles. The molecular weight excluding hydrogens is 392 g/mol. The van der Waals surface area contributed by atoms with Crippen molar-refractivity contribution in [1.29, 1.82) is 0 Å². The molecule has 2 atom stereocenters. The van der Waals surface area contributed by atoms with E-state index in [1.165, 1.54) is 6.39 Å². The van der Waals surface area contributed by atoms with Crippen molar-refractivity contribution in [2.24, 2.45) is 10.7 Å². The molecule has 1 unspecified atom stereocenters. The Morgan fingerprint density at radius 3 is 2.57 bits per heavy atom. The van der Waals surface area contributed by atoms with Crippen molar-refractivity contribution in [2.75, 3.05) is 5.75 Å². The van der Waals surface area contributed by atoms with Gasteiger partial charge in [-0.1, -0.05) is 0 Å². The fourth-order valence-corrected chi connectivity index (χ4v) is 6.28. The molecule has 2 N–H and O–H groups in total. The number of hydrogen-bond acceptors (Lipinski definition) is 7. The topological polar surface area (TPSA) is 94.4 Å². The molecule has 1 aliphatic heterocycles. The first-order valence-corrected chi connectivity index (χ1v) is 11.5. The van der Waals surface area contributed by atoms with Gasteiger partial charge in [-0.2, -0.15) is 0 Å². The van der Waals surface area contributed by atoms with Crippen LogP contribution in [0.15, 0.2) is 51.9 Å². The molecule has 28 heavy (non-hydrogen) atoms. The zero-order valence-corrected chi connectivity index (χ0v) is 17.6. The lowest BCUT2D eigenvalue weighted by Crippen LogP contribution is -2.54. The van der Waals surface area contributed by atoms with Crippen molar-refractivity contribution in [2.45, 2.75) is 31.1 Å². The average molecular weight is 415 g/mol. The van der Waals surface area contributed by atoms with Gasteiger partial charge in [0.05, 0.1) is 10.9 Å². The van der Waals surface area contributed by atoms with Gasteiger partial charge in [-0.05, 0) is 59.2 Å². The van der Waals surface area contributed by atoms with Crippen LogP contribution in [0.4, 0.5) is 0 Å². The highest BCUT2D eigenvalue weighted by atomic mass is 32.2. The number of nitrogens with two attached hydrogens (primary N) is 1. The van der Waals surface area contributed by atoms with Gasteiger partial charge in [-0.15, -0.1) is 11.3 Å². The van der Waals surface area contributed by atoms with E-state index in [2.05, 4.69) is 27.3 Å². The average Bonchev–Trinajstić information content (AvgIpc) is 3.32. The van der Waals surface area contributed by atoms with Crippen molar-refractivity contribution in [3.63, 3.8) is 0 Å². The van der Waals surface area contributed by atoms with E-state index < -0.39 is 19.8 Å². The molecule has 3 aromatic heterocycles. The zero-order chi connectivity index (χ0) is 20.2. The largest absolute Gasteiger partial charge is 0.443 e. The van der Waals surface area contributed by atoms with E-state index in [1.807, 2.05) is 26.8 Å². The second kappa shape index (κ2) is 6.28. The summed E-state index contributed by atoms with van der Waals surface area (Å²) in [5.74, 6) is 5.43. The fraction of sp³-hybridized carbons (Fsp3) is 0.300. The molecule has 0 aliphatic carbocycles. The van der Waals surface area contributed by atoms with Crippen LogP contribution in [-0.4, -0.2) is 36.4 Å². The summed E-state index contributed by atoms with van der Waals surface area (Å²) in [5.41, 5.74) is 8.38. The Morgan fingerprint density at radius 1 is 1.14 bits per heavy atom. The van der Waals surface area contributed by atoms with E-state index in [4.69, 9.17) is 15.1 Å². The lowest BCUT2D eigenvalue weighted by molar-refractivity contribution is 0.543. The Bertz CT molecular complexity index is 1160. The Hall–Kier alpha value is -2.45. The van der Waals surface area contributed by atoms with E-state index in [1.54, 1.807) is 29.9 Å². The molecule has 146 valence electrons. The molecule has 4 rings (SSSR count). The highest BCUT2D eigenvalue weighted by Gasteiger charge is 2.45. The number of hydrogen-bond donors (Lipinski definition) is 1. The van der Waals surface area contributed by atoms with Crippen molar-refractivity contribution in [3.05, 3.63) is 47.4 Å². The Morgan fingerprint density at radius 2 is 1.89 bits per heavy atom. The van der Waals surface area contributed by atoms with Crippen LogP contribution in [0.2, 0.25) is 0 Å². The molecule has 0 spiro atoms. The third-order valence-corrected chi connectivity index (χ3v) is 9.63. The van der Waals surface area contributed by atoms with Crippen LogP contribution in [0.3, 0.4) is 0 Å². The molecule has 0 radical (unpaired) electrons. The summed E-state index contributed by atoms with van der Waals surface area (Å²) in [7, 11) is -2.44. The van der Waals surface area contributed by atoms with Crippen LogP contribution in [0.5, 0.6) is 0 Å². The first kappa shape index (κ1) is 18.9. The Labute approximate surface area is 168 Å². The monoisotopic (exact) mass is 414 g/mol. The maximum absolute atomic E-state index is 13.2. The smallest absolute Gasteiger partial charge is 0.181 e. The van der Waals surface area contributed by atoms with Crippen LogP contribution in [0.1, 0.15) is 25.6 Å². The molecule has 6 nitrogen and oxygen atoms in total. The van der Waals surface area contributed by atoms with Gasteiger partial charge in [-0.25, -0.2) is 4.98 Å². The minimum atomic E-state index is -2.44. The number of amidine groups is 1. The predicted molar refractivity (Wildman–Crippen MR) is 116 cm³/mol. The summed E-state index contributed by atoms with van der Waals surface area (Å²) in [6.07, 6.45) is 6.60. The SMILES string of the molecule is C=S1(=O)C[C@@](C)(c2cc(-c3cncc(-c4cnco4)c3)cs2)N=C(N)C1(C)C. The second-order valence-electron chi connectivity index (χ2n) is 7.76. The summed E-state index contributed by atoms with van der Waals surface area (Å²) in [4.78, 5) is 14.0. The minimum absolute atomic E-state index is 0.365. The molecule has 0 fully saturated rings. The third-order valence-electron chi connectivity index (χ3n) is 5.35. The van der Waals surface area contributed by atoms with Crippen LogP contribution < -0.4 is 5.73 Å². The van der Waals surface area contributed by atoms with Crippen molar-refractivity contribution in [3.8, 4) is 22.5 Å². The second-order valence-corrected chi connectivity index (χ2v) is 11.6. The summed E-state index contributed by atoms with van der Waals surface area (Å²) in [5, 5.41) is 2.05. The lowest BCUT2D eigenvalue weighted by atomic mass is 10.00. The number of pyridine rings is 1. The molecule has 0 saturated heterocycles. The highest BCUT2D eigenvalue weighted by Crippen LogP contribution is 2.41. The van der Waals surface area contributed by atoms with E-state index in [0.717, 1.165) is 21.6 Å². The van der Waals surface area contributed by atoms with Gasteiger partial charge >= 0.3 is 0 Å². The molecular formula is C20H22N4O2S2. The molecule has 0 saturated carbocycles. The maximum atomic E-state index is 13.2. The van der Waals surface area contributed by atoms with Crippen LogP contribution in [0, 0.1) is 0 Å². The zero-order valence-electron chi connectivity index (χ0n) is 16.0. The Balaban J connectivity index is 1.73. The standard InChI is InChI=1S/C20H22N4O2S2/c1-19(2)18(21)24-20(3,11-28(19,4)25)17-6-15(10-27-17)13-5-14(8-22-7-13)16-9-23-12-26-16/h5-10,12H,4,11H2,1-3H3,(H2,21,24)/t20-,28?/m0/s1. The summed E-state index contributed by atoms with van der Waals surface area (Å²) >= 11 is 1.58. The predicted octanol–water partition coefficient (Wildman–Crippen LogP) is 3.55. The molecule has 0 aromatic carbocycles. The highest BCUT2D eigenvalue weighted by molar-refractivity contribution is 8.02. The van der Waals surface area contributed by atoms with Gasteiger partial charge in [0, 0.05) is 34.2 Å². The van der Waals surface area contributed by atoms with Gasteiger partial charge in [0.25, 0.3) is 0 Å². The van der Waals surface area contributed by atoms with Gasteiger partial charge in [0.1, 0.15) is 11.4 Å². The summed E-state index contributed by atoms with van der Waals surface area (Å²) < 4.78 is 17.9. The molecule has 3 aromatic rings. The van der Waals surface area contributed by atoms with Crippen molar-refractivity contribution < 1.29 is 8.63 Å². The number of nitrogens with zero attached hydrogens (tertiary/aromatic N) is 3. The summed E-state index contributed by atoms with van der Waals surface area (Å²) in [6.45, 7) is 5.67. The molecule has 0 amide bonds. The Kier molecular flexibility index (Phi) is 4.24. The van der Waals surface area contributed by atoms with Gasteiger partial charge in [0.2, 0.25) is 0 Å². The summed E-state index contributed by atoms with van der Waals surface area (Å²) in [6, 6.07) is 4.07. The number of aromatic nitrogens is 2. The normalized spacial score (nSPS) is 26.8. The molecule has 1 aliphatic rings. The van der Waals surface area contributed by atoms with Gasteiger partial charge < -0.3 is 10.2 Å². The fourth-order valence-electron chi connectivity index (χ4n) is 3.24. The van der Waals surface area contributed by atoms with E-state index in [9.17, 15) is 4.21 Å². The van der Waals surface area contributed by atoms with Crippen molar-refractivity contribution in [1.82, 2.24) is 9.97 Å². The van der Waals surface area contributed by atoms with Gasteiger partial charge in [0.15, 0.2) is 12.2 Å². The first-order valence-electron chi connectivity index (χ1n) is 8.76. The number of aliphatic imine (C=N–C) groups is 1. The maximum Gasteiger partial charge on any atom is 0.181 e. The number of rotatable bonds is 3. The van der Waals surface area contributed by atoms with Crippen LogP contribution in [-0.2, 0) is 15.1 Å². The van der Waals surface area contributed by atoms with Crippen LogP contribution >= 0.6 is 11.3 Å². The van der Waals surface area contributed by atoms with Gasteiger partial charge in [-0.3, -0.25) is 14.2 Å². The van der Waals surface area contributed by atoms with E-state index >= 15 is 0 Å². The third kappa shape index (κ3) is 2.97. The molecule has 0 bridgehead atoms. The molecule has 8 heteroatoms. The van der Waals surface area contributed by atoms with Crippen LogP contribution in [0.25, 0.3) is 22.5 Å². The number of oxazole rings is 1. The lowest BCUT2D eigenvalue weighted by Gasteiger charge is -2.40.